The highest BCUT2D eigenvalue weighted by molar-refractivity contribution is 5.76. The van der Waals surface area contributed by atoms with Crippen molar-refractivity contribution in [2.45, 2.75) is 19.8 Å². The predicted molar refractivity (Wildman–Crippen MR) is 80.5 cm³/mol. The molecule has 1 aromatic rings. The van der Waals surface area contributed by atoms with Crippen molar-refractivity contribution in [1.82, 2.24) is 10.2 Å². The van der Waals surface area contributed by atoms with Gasteiger partial charge in [-0.15, -0.1) is 0 Å². The summed E-state index contributed by atoms with van der Waals surface area (Å²) in [4.78, 5) is 13.9. The lowest BCUT2D eigenvalue weighted by Crippen LogP contribution is -2.43. The van der Waals surface area contributed by atoms with Crippen LogP contribution in [0.4, 0.5) is 4.79 Å². The first-order valence-corrected chi connectivity index (χ1v) is 7.05. The quantitative estimate of drug-likeness (QED) is 0.920. The molecule has 1 heterocycles. The number of para-hydroxylation sites is 1. The Kier molecular flexibility index (Phi) is 5.04. The van der Waals surface area contributed by atoms with Crippen LogP contribution in [0.2, 0.25) is 0 Å². The van der Waals surface area contributed by atoms with Crippen LogP contribution >= 0.6 is 0 Å². The Morgan fingerprint density at radius 3 is 3.00 bits per heavy atom. The monoisotopic (exact) mass is 274 g/mol. The molecule has 1 aromatic carbocycles. The van der Waals surface area contributed by atoms with Crippen LogP contribution in [0.25, 0.3) is 6.08 Å². The Bertz CT molecular complexity index is 485. The zero-order valence-electron chi connectivity index (χ0n) is 12.1. The molecule has 1 N–H and O–H groups in total. The van der Waals surface area contributed by atoms with Gasteiger partial charge < -0.3 is 15.0 Å². The number of ether oxygens (including phenoxy) is 1. The number of nitrogens with zero attached hydrogens (tertiary/aromatic N) is 1. The lowest BCUT2D eigenvalue weighted by atomic mass is 10.0. The molecule has 0 aliphatic carbocycles. The number of hydrogen-bond acceptors (Lipinski definition) is 2. The number of carbonyl (C=O) groups excluding carboxylic acids is 1. The smallest absolute Gasteiger partial charge is 0.321 e. The third kappa shape index (κ3) is 3.76. The van der Waals surface area contributed by atoms with Crippen molar-refractivity contribution in [1.29, 1.82) is 0 Å². The van der Waals surface area contributed by atoms with E-state index in [1.165, 1.54) is 6.42 Å². The number of methoxy groups -OCH3 is 1. The van der Waals surface area contributed by atoms with Gasteiger partial charge >= 0.3 is 6.03 Å². The van der Waals surface area contributed by atoms with Crippen LogP contribution in [0, 0.1) is 5.92 Å². The van der Waals surface area contributed by atoms with Crippen molar-refractivity contribution in [2.24, 2.45) is 5.92 Å². The number of urea groups is 1. The summed E-state index contributed by atoms with van der Waals surface area (Å²) in [7, 11) is 1.64. The average molecular weight is 274 g/mol. The number of hydrogen-bond donors (Lipinski definition) is 1. The molecular formula is C16H22N2O2. The molecule has 108 valence electrons. The van der Waals surface area contributed by atoms with Crippen LogP contribution in [0.15, 0.2) is 30.5 Å². The van der Waals surface area contributed by atoms with Crippen molar-refractivity contribution in [3.05, 3.63) is 36.0 Å². The summed E-state index contributed by atoms with van der Waals surface area (Å²) < 4.78 is 5.26. The fourth-order valence-corrected chi connectivity index (χ4v) is 2.47. The molecule has 1 unspecified atom stereocenters. The molecule has 1 aliphatic heterocycles. The topological polar surface area (TPSA) is 41.6 Å². The van der Waals surface area contributed by atoms with Crippen molar-refractivity contribution < 1.29 is 9.53 Å². The first kappa shape index (κ1) is 14.4. The van der Waals surface area contributed by atoms with E-state index in [0.29, 0.717) is 5.92 Å². The number of piperidine rings is 1. The molecule has 0 spiro atoms. The minimum Gasteiger partial charge on any atom is -0.496 e. The minimum absolute atomic E-state index is 0.0253. The molecule has 1 fully saturated rings. The van der Waals surface area contributed by atoms with E-state index in [4.69, 9.17) is 4.74 Å². The van der Waals surface area contributed by atoms with Gasteiger partial charge in [0.1, 0.15) is 5.75 Å². The van der Waals surface area contributed by atoms with Gasteiger partial charge in [-0.3, -0.25) is 0 Å². The summed E-state index contributed by atoms with van der Waals surface area (Å²) in [6.07, 6.45) is 5.83. The van der Waals surface area contributed by atoms with Gasteiger partial charge in [-0.1, -0.05) is 25.1 Å². The van der Waals surface area contributed by atoms with Crippen molar-refractivity contribution >= 4 is 12.1 Å². The number of carbonyl (C=O) groups is 1. The lowest BCUT2D eigenvalue weighted by molar-refractivity contribution is 0.173. The number of benzene rings is 1. The molecule has 4 heteroatoms. The summed E-state index contributed by atoms with van der Waals surface area (Å²) in [5, 5.41) is 2.82. The van der Waals surface area contributed by atoms with E-state index in [0.717, 1.165) is 30.8 Å². The van der Waals surface area contributed by atoms with Gasteiger partial charge in [-0.2, -0.15) is 0 Å². The molecule has 0 saturated carbocycles. The Hall–Kier alpha value is -1.97. The highest BCUT2D eigenvalue weighted by atomic mass is 16.5. The molecule has 1 atom stereocenters. The van der Waals surface area contributed by atoms with Crippen LogP contribution in [0.3, 0.4) is 0 Å². The first-order chi connectivity index (χ1) is 9.70. The molecule has 1 aliphatic rings. The summed E-state index contributed by atoms with van der Waals surface area (Å²) in [5.41, 5.74) is 0.947. The third-order valence-electron chi connectivity index (χ3n) is 3.55. The maximum absolute atomic E-state index is 12.0. The van der Waals surface area contributed by atoms with Crippen LogP contribution in [0.5, 0.6) is 5.75 Å². The molecule has 0 aromatic heterocycles. The van der Waals surface area contributed by atoms with Crippen LogP contribution < -0.4 is 10.1 Å². The van der Waals surface area contributed by atoms with E-state index in [-0.39, 0.29) is 6.03 Å². The second-order valence-electron chi connectivity index (χ2n) is 5.22. The van der Waals surface area contributed by atoms with Crippen molar-refractivity contribution in [2.75, 3.05) is 20.2 Å². The summed E-state index contributed by atoms with van der Waals surface area (Å²) in [6.45, 7) is 3.87. The normalized spacial score (nSPS) is 19.1. The lowest BCUT2D eigenvalue weighted by Gasteiger charge is -2.30. The Morgan fingerprint density at radius 2 is 2.25 bits per heavy atom. The largest absolute Gasteiger partial charge is 0.496 e. The fourth-order valence-electron chi connectivity index (χ4n) is 2.47. The van der Waals surface area contributed by atoms with E-state index >= 15 is 0 Å². The van der Waals surface area contributed by atoms with Gasteiger partial charge in [0.2, 0.25) is 0 Å². The van der Waals surface area contributed by atoms with Gasteiger partial charge in [-0.05, 0) is 30.9 Å². The summed E-state index contributed by atoms with van der Waals surface area (Å²) in [6, 6.07) is 7.68. The van der Waals surface area contributed by atoms with Crippen LogP contribution in [-0.4, -0.2) is 31.1 Å². The summed E-state index contributed by atoms with van der Waals surface area (Å²) in [5.74, 6) is 1.39. The number of nitrogens with one attached hydrogen (secondary N) is 1. The molecule has 2 rings (SSSR count). The predicted octanol–water partition coefficient (Wildman–Crippen LogP) is 3.11. The average Bonchev–Trinajstić information content (AvgIpc) is 2.47. The Labute approximate surface area is 120 Å². The highest BCUT2D eigenvalue weighted by Gasteiger charge is 2.19. The van der Waals surface area contributed by atoms with Gasteiger partial charge in [0.15, 0.2) is 0 Å². The molecule has 4 nitrogen and oxygen atoms in total. The van der Waals surface area contributed by atoms with E-state index in [1.807, 2.05) is 35.2 Å². The highest BCUT2D eigenvalue weighted by Crippen LogP contribution is 2.18. The molecule has 2 amide bonds. The Morgan fingerprint density at radius 1 is 1.45 bits per heavy atom. The standard InChI is InChI=1S/C16H22N2O2/c1-13-6-5-11-18(12-13)16(19)17-10-9-14-7-3-4-8-15(14)20-2/h3-4,7-10,13H,5-6,11-12H2,1-2H3,(H,17,19)/b10-9+. The number of amides is 2. The maximum Gasteiger partial charge on any atom is 0.321 e. The number of rotatable bonds is 3. The second kappa shape index (κ2) is 6.98. The fraction of sp³-hybridized carbons (Fsp3) is 0.438. The third-order valence-corrected chi connectivity index (χ3v) is 3.55. The van der Waals surface area contributed by atoms with Gasteiger partial charge in [0.25, 0.3) is 0 Å². The molecular weight excluding hydrogens is 252 g/mol. The SMILES string of the molecule is COc1ccccc1/C=C/NC(=O)N1CCCC(C)C1. The van der Waals surface area contributed by atoms with Crippen LogP contribution in [-0.2, 0) is 0 Å². The van der Waals surface area contributed by atoms with E-state index < -0.39 is 0 Å². The van der Waals surface area contributed by atoms with Gasteiger partial charge in [-0.25, -0.2) is 4.79 Å². The zero-order valence-corrected chi connectivity index (χ0v) is 12.1. The molecule has 0 bridgehead atoms. The minimum atomic E-state index is -0.0253. The van der Waals surface area contributed by atoms with E-state index in [2.05, 4.69) is 12.2 Å². The summed E-state index contributed by atoms with van der Waals surface area (Å²) >= 11 is 0. The van der Waals surface area contributed by atoms with Crippen molar-refractivity contribution in [3.63, 3.8) is 0 Å². The molecule has 1 saturated heterocycles. The molecule has 0 radical (unpaired) electrons. The zero-order chi connectivity index (χ0) is 14.4. The first-order valence-electron chi connectivity index (χ1n) is 7.05. The Balaban J connectivity index is 1.90. The second-order valence-corrected chi connectivity index (χ2v) is 5.22. The number of likely N-dealkylation sites (tertiary alicyclic amines) is 1. The maximum atomic E-state index is 12.0. The van der Waals surface area contributed by atoms with Crippen molar-refractivity contribution in [3.8, 4) is 5.75 Å². The molecule has 20 heavy (non-hydrogen) atoms. The van der Waals surface area contributed by atoms with Gasteiger partial charge in [0.05, 0.1) is 7.11 Å². The van der Waals surface area contributed by atoms with Gasteiger partial charge in [0, 0.05) is 24.9 Å². The van der Waals surface area contributed by atoms with E-state index in [9.17, 15) is 4.79 Å². The van der Waals surface area contributed by atoms with E-state index in [1.54, 1.807) is 13.3 Å². The van der Waals surface area contributed by atoms with Crippen LogP contribution in [0.1, 0.15) is 25.3 Å².